The maximum Gasteiger partial charge on any atom is 0.288 e. The fourth-order valence-corrected chi connectivity index (χ4v) is 3.01. The van der Waals surface area contributed by atoms with Gasteiger partial charge in [-0.2, -0.15) is 0 Å². The third kappa shape index (κ3) is 1.83. The molecule has 1 saturated carbocycles. The highest BCUT2D eigenvalue weighted by atomic mass is 35.5. The van der Waals surface area contributed by atoms with Gasteiger partial charge in [0.15, 0.2) is 0 Å². The molecule has 3 rings (SSSR count). The summed E-state index contributed by atoms with van der Waals surface area (Å²) < 4.78 is 0. The highest BCUT2D eigenvalue weighted by Gasteiger charge is 2.53. The van der Waals surface area contributed by atoms with E-state index in [4.69, 9.17) is 11.6 Å². The van der Waals surface area contributed by atoms with Crippen LogP contribution < -0.4 is 10.6 Å². The zero-order valence-corrected chi connectivity index (χ0v) is 10.7. The molecule has 6 heteroatoms. The van der Waals surface area contributed by atoms with Crippen LogP contribution in [0.2, 0.25) is 5.02 Å². The van der Waals surface area contributed by atoms with Crippen molar-refractivity contribution in [2.75, 3.05) is 18.4 Å². The van der Waals surface area contributed by atoms with Gasteiger partial charge in [0.1, 0.15) is 5.02 Å². The van der Waals surface area contributed by atoms with Crippen molar-refractivity contribution >= 4 is 23.0 Å². The van der Waals surface area contributed by atoms with Crippen LogP contribution >= 0.6 is 11.6 Å². The predicted molar refractivity (Wildman–Crippen MR) is 70.1 cm³/mol. The highest BCUT2D eigenvalue weighted by Crippen LogP contribution is 2.44. The monoisotopic (exact) mass is 267 g/mol. The van der Waals surface area contributed by atoms with Crippen LogP contribution in [0, 0.1) is 28.9 Å². The summed E-state index contributed by atoms with van der Waals surface area (Å²) in [6.45, 7) is 3.98. The summed E-state index contributed by atoms with van der Waals surface area (Å²) in [5.41, 5.74) is 1.74. The molecule has 1 saturated heterocycles. The number of nitrogens with one attached hydrogen (secondary N) is 2. The summed E-state index contributed by atoms with van der Waals surface area (Å²) in [6, 6.07) is 3.68. The number of hydrogen-bond donors (Lipinski definition) is 2. The van der Waals surface area contributed by atoms with Gasteiger partial charge in [0.25, 0.3) is 5.69 Å². The third-order valence-corrected chi connectivity index (χ3v) is 4.21. The number of benzene rings is 1. The molecular weight excluding hydrogens is 254 g/mol. The number of fused-ring (bicyclic) bond motifs is 1. The summed E-state index contributed by atoms with van der Waals surface area (Å²) in [6.07, 6.45) is 0. The van der Waals surface area contributed by atoms with Gasteiger partial charge in [-0.15, -0.1) is 0 Å². The van der Waals surface area contributed by atoms with Crippen molar-refractivity contribution in [2.45, 2.75) is 13.0 Å². The second-order valence-corrected chi connectivity index (χ2v) is 5.44. The number of anilines is 1. The van der Waals surface area contributed by atoms with Crippen molar-refractivity contribution in [2.24, 2.45) is 11.8 Å². The van der Waals surface area contributed by atoms with Crippen LogP contribution in [0.1, 0.15) is 5.56 Å². The van der Waals surface area contributed by atoms with Crippen molar-refractivity contribution in [3.63, 3.8) is 0 Å². The van der Waals surface area contributed by atoms with Crippen molar-refractivity contribution < 1.29 is 4.92 Å². The van der Waals surface area contributed by atoms with E-state index in [1.165, 1.54) is 6.07 Å². The summed E-state index contributed by atoms with van der Waals surface area (Å²) in [4.78, 5) is 10.3. The van der Waals surface area contributed by atoms with Gasteiger partial charge in [-0.3, -0.25) is 10.1 Å². The second kappa shape index (κ2) is 4.10. The van der Waals surface area contributed by atoms with Crippen LogP contribution in [0.4, 0.5) is 11.4 Å². The van der Waals surface area contributed by atoms with E-state index in [1.807, 2.05) is 6.92 Å². The number of nitrogens with zero attached hydrogens (tertiary/aromatic N) is 1. The van der Waals surface area contributed by atoms with Crippen molar-refractivity contribution in [1.29, 1.82) is 0 Å². The Bertz CT molecular complexity index is 510. The van der Waals surface area contributed by atoms with E-state index in [-0.39, 0.29) is 10.7 Å². The SMILES string of the molecule is Cc1cc([N+](=O)[O-])c(Cl)cc1NC1C2CNCC21. The summed E-state index contributed by atoms with van der Waals surface area (Å²) >= 11 is 5.93. The normalized spacial score (nSPS) is 28.9. The zero-order valence-electron chi connectivity index (χ0n) is 9.94. The molecule has 1 aromatic carbocycles. The number of rotatable bonds is 3. The fraction of sp³-hybridized carbons (Fsp3) is 0.500. The van der Waals surface area contributed by atoms with Crippen molar-refractivity contribution in [3.05, 3.63) is 32.8 Å². The maximum absolute atomic E-state index is 10.8. The molecule has 1 aliphatic carbocycles. The molecule has 1 aromatic rings. The molecule has 0 aromatic heterocycles. The van der Waals surface area contributed by atoms with Gasteiger partial charge in [-0.1, -0.05) is 11.6 Å². The first-order valence-electron chi connectivity index (χ1n) is 5.99. The predicted octanol–water partition coefficient (Wildman–Crippen LogP) is 2.19. The molecule has 5 nitrogen and oxygen atoms in total. The van der Waals surface area contributed by atoms with Crippen LogP contribution in [0.5, 0.6) is 0 Å². The minimum atomic E-state index is -0.450. The number of nitro groups is 1. The number of aryl methyl sites for hydroxylation is 1. The second-order valence-electron chi connectivity index (χ2n) is 5.03. The van der Waals surface area contributed by atoms with Gasteiger partial charge in [0, 0.05) is 30.9 Å². The Morgan fingerprint density at radius 3 is 2.72 bits per heavy atom. The molecule has 0 spiro atoms. The van der Waals surface area contributed by atoms with E-state index in [2.05, 4.69) is 10.6 Å². The molecule has 96 valence electrons. The van der Waals surface area contributed by atoms with Gasteiger partial charge in [0.05, 0.1) is 4.92 Å². The van der Waals surface area contributed by atoms with Crippen LogP contribution in [0.25, 0.3) is 0 Å². The average Bonchev–Trinajstić information content (AvgIpc) is 2.74. The van der Waals surface area contributed by atoms with Gasteiger partial charge < -0.3 is 10.6 Å². The van der Waals surface area contributed by atoms with Gasteiger partial charge in [-0.05, 0) is 30.4 Å². The first-order valence-corrected chi connectivity index (χ1v) is 6.37. The minimum absolute atomic E-state index is 0.0302. The Balaban J connectivity index is 1.80. The van der Waals surface area contributed by atoms with Gasteiger partial charge >= 0.3 is 0 Å². The molecule has 2 N–H and O–H groups in total. The minimum Gasteiger partial charge on any atom is -0.381 e. The zero-order chi connectivity index (χ0) is 12.9. The molecule has 2 aliphatic rings. The Labute approximate surface area is 110 Å². The molecule has 1 heterocycles. The summed E-state index contributed by atoms with van der Waals surface area (Å²) in [5.74, 6) is 1.39. The van der Waals surface area contributed by atoms with E-state index < -0.39 is 4.92 Å². The summed E-state index contributed by atoms with van der Waals surface area (Å²) in [5, 5.41) is 17.7. The number of nitro benzene ring substituents is 1. The maximum atomic E-state index is 10.8. The van der Waals surface area contributed by atoms with Crippen molar-refractivity contribution in [3.8, 4) is 0 Å². The first kappa shape index (κ1) is 11.7. The topological polar surface area (TPSA) is 67.2 Å². The standard InChI is InChI=1S/C12H14ClN3O2/c1-6-2-11(16(17)18)9(13)3-10(6)15-12-7-4-14-5-8(7)12/h2-3,7-8,12,14-15H,4-5H2,1H3. The van der Waals surface area contributed by atoms with Gasteiger partial charge in [-0.25, -0.2) is 0 Å². The highest BCUT2D eigenvalue weighted by molar-refractivity contribution is 6.33. The van der Waals surface area contributed by atoms with Gasteiger partial charge in [0.2, 0.25) is 0 Å². The number of halogens is 1. The lowest BCUT2D eigenvalue weighted by molar-refractivity contribution is -0.384. The molecule has 0 radical (unpaired) electrons. The number of piperidine rings is 1. The lowest BCUT2D eigenvalue weighted by atomic mass is 10.1. The van der Waals surface area contributed by atoms with E-state index in [0.29, 0.717) is 17.9 Å². The van der Waals surface area contributed by atoms with E-state index in [1.54, 1.807) is 6.07 Å². The van der Waals surface area contributed by atoms with Crippen LogP contribution in [0.15, 0.2) is 12.1 Å². The molecule has 1 aliphatic heterocycles. The molecular formula is C12H14ClN3O2. The summed E-state index contributed by atoms with van der Waals surface area (Å²) in [7, 11) is 0. The Morgan fingerprint density at radius 1 is 1.44 bits per heavy atom. The van der Waals surface area contributed by atoms with Crippen LogP contribution in [-0.4, -0.2) is 24.1 Å². The smallest absolute Gasteiger partial charge is 0.288 e. The molecule has 2 fully saturated rings. The Kier molecular flexibility index (Phi) is 2.68. The molecule has 2 unspecified atom stereocenters. The number of hydrogen-bond acceptors (Lipinski definition) is 4. The van der Waals surface area contributed by atoms with Crippen LogP contribution in [-0.2, 0) is 0 Å². The molecule has 0 bridgehead atoms. The first-order chi connectivity index (χ1) is 8.58. The van der Waals surface area contributed by atoms with E-state index in [9.17, 15) is 10.1 Å². The third-order valence-electron chi connectivity index (χ3n) is 3.90. The van der Waals surface area contributed by atoms with Crippen LogP contribution in [0.3, 0.4) is 0 Å². The molecule has 0 amide bonds. The van der Waals surface area contributed by atoms with Crippen molar-refractivity contribution in [1.82, 2.24) is 5.32 Å². The lowest BCUT2D eigenvalue weighted by Crippen LogP contribution is -2.21. The molecule has 18 heavy (non-hydrogen) atoms. The van der Waals surface area contributed by atoms with E-state index >= 15 is 0 Å². The largest absolute Gasteiger partial charge is 0.381 e. The lowest BCUT2D eigenvalue weighted by Gasteiger charge is -2.12. The Hall–Kier alpha value is -1.33. The quantitative estimate of drug-likeness (QED) is 0.651. The Morgan fingerprint density at radius 2 is 2.11 bits per heavy atom. The fourth-order valence-electron chi connectivity index (χ4n) is 2.77. The molecule has 2 atom stereocenters. The average molecular weight is 268 g/mol. The van der Waals surface area contributed by atoms with E-state index in [0.717, 1.165) is 24.3 Å².